The first-order valence-electron chi connectivity index (χ1n) is 6.10. The minimum Gasteiger partial charge on any atom is -0.465 e. The zero-order chi connectivity index (χ0) is 13.1. The van der Waals surface area contributed by atoms with Crippen LogP contribution in [0, 0.1) is 5.92 Å². The number of esters is 1. The number of benzene rings is 1. The number of halogens is 1. The summed E-state index contributed by atoms with van der Waals surface area (Å²) in [5.74, 6) is -1.36. The summed E-state index contributed by atoms with van der Waals surface area (Å²) in [6, 6.07) is 7.29. The van der Waals surface area contributed by atoms with E-state index in [0.29, 0.717) is 24.5 Å². The molecular weight excluding hydrogens is 252 g/mol. The van der Waals surface area contributed by atoms with Gasteiger partial charge in [-0.2, -0.15) is 0 Å². The van der Waals surface area contributed by atoms with Crippen molar-refractivity contribution < 1.29 is 14.3 Å². The predicted molar refractivity (Wildman–Crippen MR) is 68.6 cm³/mol. The molecule has 2 unspecified atom stereocenters. The van der Waals surface area contributed by atoms with E-state index >= 15 is 0 Å². The van der Waals surface area contributed by atoms with Gasteiger partial charge in [0.25, 0.3) is 0 Å². The molecule has 0 heterocycles. The van der Waals surface area contributed by atoms with Gasteiger partial charge >= 0.3 is 5.97 Å². The van der Waals surface area contributed by atoms with E-state index in [1.165, 1.54) is 0 Å². The summed E-state index contributed by atoms with van der Waals surface area (Å²) >= 11 is 6.09. The van der Waals surface area contributed by atoms with Gasteiger partial charge in [-0.15, -0.1) is 0 Å². The largest absolute Gasteiger partial charge is 0.465 e. The van der Waals surface area contributed by atoms with Crippen LogP contribution >= 0.6 is 11.6 Å². The highest BCUT2D eigenvalue weighted by Gasteiger charge is 2.40. The number of hydrogen-bond acceptors (Lipinski definition) is 3. The molecule has 1 aromatic rings. The van der Waals surface area contributed by atoms with E-state index in [2.05, 4.69) is 0 Å². The van der Waals surface area contributed by atoms with Crippen molar-refractivity contribution in [3.05, 3.63) is 34.9 Å². The molecule has 1 fully saturated rings. The molecule has 0 N–H and O–H groups in total. The van der Waals surface area contributed by atoms with E-state index in [0.717, 1.165) is 5.56 Å². The van der Waals surface area contributed by atoms with Gasteiger partial charge in [0, 0.05) is 10.9 Å². The second kappa shape index (κ2) is 5.53. The molecule has 2 rings (SSSR count). The van der Waals surface area contributed by atoms with Crippen LogP contribution in [0.15, 0.2) is 24.3 Å². The Morgan fingerprint density at radius 1 is 1.39 bits per heavy atom. The van der Waals surface area contributed by atoms with Crippen LogP contribution in [-0.2, 0) is 14.3 Å². The number of ketones is 1. The molecule has 0 radical (unpaired) electrons. The van der Waals surface area contributed by atoms with Crippen molar-refractivity contribution in [2.75, 3.05) is 6.61 Å². The molecule has 1 aliphatic carbocycles. The quantitative estimate of drug-likeness (QED) is 0.624. The lowest BCUT2D eigenvalue weighted by molar-refractivity contribution is -0.150. The first-order valence-corrected chi connectivity index (χ1v) is 6.47. The van der Waals surface area contributed by atoms with Gasteiger partial charge in [0.1, 0.15) is 5.92 Å². The van der Waals surface area contributed by atoms with Gasteiger partial charge in [0.05, 0.1) is 6.61 Å². The Balaban J connectivity index is 2.17. The molecule has 18 heavy (non-hydrogen) atoms. The summed E-state index contributed by atoms with van der Waals surface area (Å²) in [5.41, 5.74) is 0.816. The Morgan fingerprint density at radius 2 is 2.11 bits per heavy atom. The van der Waals surface area contributed by atoms with Crippen LogP contribution in [0.3, 0.4) is 0 Å². The summed E-state index contributed by atoms with van der Waals surface area (Å²) in [6.45, 7) is 2.04. The molecule has 96 valence electrons. The third kappa shape index (κ3) is 2.41. The van der Waals surface area contributed by atoms with Gasteiger partial charge in [-0.25, -0.2) is 0 Å². The minimum atomic E-state index is -0.619. The number of carbonyl (C=O) groups is 2. The van der Waals surface area contributed by atoms with E-state index in [9.17, 15) is 9.59 Å². The molecule has 0 aliphatic heterocycles. The molecule has 0 saturated heterocycles. The predicted octanol–water partition coefficient (Wildman–Crippen LogP) is 2.97. The number of Topliss-reactive ketones (excluding diaryl/α,β-unsaturated/α-hetero) is 1. The lowest BCUT2D eigenvalue weighted by Crippen LogP contribution is -2.23. The Bertz CT molecular complexity index is 470. The van der Waals surface area contributed by atoms with Crippen molar-refractivity contribution >= 4 is 23.4 Å². The highest BCUT2D eigenvalue weighted by molar-refractivity contribution is 6.31. The zero-order valence-electron chi connectivity index (χ0n) is 10.2. The Hall–Kier alpha value is -1.35. The summed E-state index contributed by atoms with van der Waals surface area (Å²) in [5, 5.41) is 0.584. The summed E-state index contributed by atoms with van der Waals surface area (Å²) in [4.78, 5) is 23.9. The van der Waals surface area contributed by atoms with E-state index in [1.54, 1.807) is 13.0 Å². The third-order valence-electron chi connectivity index (χ3n) is 3.28. The van der Waals surface area contributed by atoms with E-state index in [-0.39, 0.29) is 11.7 Å². The first-order chi connectivity index (χ1) is 8.65. The zero-order valence-corrected chi connectivity index (χ0v) is 10.9. The lowest BCUT2D eigenvalue weighted by atomic mass is 9.95. The number of ether oxygens (including phenoxy) is 1. The van der Waals surface area contributed by atoms with Crippen LogP contribution < -0.4 is 0 Å². The maximum atomic E-state index is 12.2. The molecule has 2 atom stereocenters. The number of hydrogen-bond donors (Lipinski definition) is 0. The van der Waals surface area contributed by atoms with Gasteiger partial charge in [-0.3, -0.25) is 9.59 Å². The number of rotatable bonds is 3. The first kappa shape index (κ1) is 13.1. The average Bonchev–Trinajstić information content (AvgIpc) is 2.72. The fourth-order valence-electron chi connectivity index (χ4n) is 2.40. The fourth-order valence-corrected chi connectivity index (χ4v) is 2.67. The van der Waals surface area contributed by atoms with Crippen LogP contribution in [0.1, 0.15) is 31.2 Å². The second-order valence-corrected chi connectivity index (χ2v) is 4.77. The molecular formula is C14H15ClO3. The van der Waals surface area contributed by atoms with Gasteiger partial charge in [-0.1, -0.05) is 29.8 Å². The summed E-state index contributed by atoms with van der Waals surface area (Å²) in [7, 11) is 0. The maximum absolute atomic E-state index is 12.2. The number of carbonyl (C=O) groups excluding carboxylic acids is 2. The standard InChI is InChI=1S/C14H15ClO3/c1-2-18-14(17)11-8-7-10(13(11)16)9-5-3-4-6-12(9)15/h3-6,10-11H,2,7-8H2,1H3. The van der Waals surface area contributed by atoms with Crippen LogP contribution in [0.5, 0.6) is 0 Å². The Kier molecular flexibility index (Phi) is 4.02. The lowest BCUT2D eigenvalue weighted by Gasteiger charge is -2.11. The molecule has 1 aliphatic rings. The van der Waals surface area contributed by atoms with Crippen molar-refractivity contribution in [2.24, 2.45) is 5.92 Å². The highest BCUT2D eigenvalue weighted by Crippen LogP contribution is 2.38. The van der Waals surface area contributed by atoms with Crippen molar-refractivity contribution in [1.82, 2.24) is 0 Å². The smallest absolute Gasteiger partial charge is 0.316 e. The van der Waals surface area contributed by atoms with E-state index in [4.69, 9.17) is 16.3 Å². The fraction of sp³-hybridized carbons (Fsp3) is 0.429. The molecule has 1 aromatic carbocycles. The van der Waals surface area contributed by atoms with Crippen molar-refractivity contribution in [3.63, 3.8) is 0 Å². The van der Waals surface area contributed by atoms with Gasteiger partial charge in [-0.05, 0) is 31.4 Å². The van der Waals surface area contributed by atoms with E-state index < -0.39 is 11.9 Å². The Morgan fingerprint density at radius 3 is 2.78 bits per heavy atom. The topological polar surface area (TPSA) is 43.4 Å². The maximum Gasteiger partial charge on any atom is 0.316 e. The molecule has 4 heteroatoms. The molecule has 0 amide bonds. The van der Waals surface area contributed by atoms with Gasteiger partial charge < -0.3 is 4.74 Å². The van der Waals surface area contributed by atoms with Gasteiger partial charge in [0.2, 0.25) is 0 Å². The highest BCUT2D eigenvalue weighted by atomic mass is 35.5. The molecule has 0 aromatic heterocycles. The summed E-state index contributed by atoms with van der Waals surface area (Å²) < 4.78 is 4.92. The van der Waals surface area contributed by atoms with Crippen LogP contribution in [0.2, 0.25) is 5.02 Å². The van der Waals surface area contributed by atoms with Crippen molar-refractivity contribution in [1.29, 1.82) is 0 Å². The average molecular weight is 267 g/mol. The van der Waals surface area contributed by atoms with Crippen LogP contribution in [-0.4, -0.2) is 18.4 Å². The molecule has 3 nitrogen and oxygen atoms in total. The summed E-state index contributed by atoms with van der Waals surface area (Å²) in [6.07, 6.45) is 1.21. The van der Waals surface area contributed by atoms with Gasteiger partial charge in [0.15, 0.2) is 5.78 Å². The third-order valence-corrected chi connectivity index (χ3v) is 3.63. The molecule has 0 bridgehead atoms. The SMILES string of the molecule is CCOC(=O)C1CCC(c2ccccc2Cl)C1=O. The second-order valence-electron chi connectivity index (χ2n) is 4.36. The van der Waals surface area contributed by atoms with Crippen molar-refractivity contribution in [3.8, 4) is 0 Å². The van der Waals surface area contributed by atoms with Crippen molar-refractivity contribution in [2.45, 2.75) is 25.7 Å². The van der Waals surface area contributed by atoms with Crippen LogP contribution in [0.25, 0.3) is 0 Å². The molecule has 1 saturated carbocycles. The molecule has 0 spiro atoms. The normalized spacial score (nSPS) is 23.1. The van der Waals surface area contributed by atoms with E-state index in [1.807, 2.05) is 18.2 Å². The van der Waals surface area contributed by atoms with Crippen LogP contribution in [0.4, 0.5) is 0 Å². The Labute approximate surface area is 111 Å². The minimum absolute atomic E-state index is 0.0680. The monoisotopic (exact) mass is 266 g/mol.